The van der Waals surface area contributed by atoms with Gasteiger partial charge in [-0.15, -0.1) is 0 Å². The second kappa shape index (κ2) is 7.19. The number of benzene rings is 2. The van der Waals surface area contributed by atoms with Gasteiger partial charge in [-0.3, -0.25) is 4.79 Å². The summed E-state index contributed by atoms with van der Waals surface area (Å²) in [5.41, 5.74) is 0.133. The maximum atomic E-state index is 14.4. The van der Waals surface area contributed by atoms with E-state index in [4.69, 9.17) is 4.42 Å². The molecule has 0 saturated heterocycles. The summed E-state index contributed by atoms with van der Waals surface area (Å²) in [6.07, 6.45) is 0. The number of aromatic hydroxyl groups is 1. The highest BCUT2D eigenvalue weighted by Gasteiger charge is 2.25. The van der Waals surface area contributed by atoms with Crippen molar-refractivity contribution in [1.82, 2.24) is 0 Å². The van der Waals surface area contributed by atoms with Gasteiger partial charge in [-0.2, -0.15) is 0 Å². The standard InChI is InChI=1S/C19H16FNO4/c20-15-9-5-4-8-14(15)17(21-12-6-2-1-3-7-12)19-18(24)16(23)10-13(11-22)25-19/h1-10,17,21-22,24H,11H2. The molecule has 128 valence electrons. The summed E-state index contributed by atoms with van der Waals surface area (Å²) < 4.78 is 19.8. The number of halogens is 1. The van der Waals surface area contributed by atoms with Gasteiger partial charge in [0.2, 0.25) is 11.2 Å². The zero-order valence-electron chi connectivity index (χ0n) is 13.1. The molecule has 0 fully saturated rings. The lowest BCUT2D eigenvalue weighted by Crippen LogP contribution is -2.17. The third kappa shape index (κ3) is 3.54. The molecule has 25 heavy (non-hydrogen) atoms. The number of rotatable bonds is 5. The van der Waals surface area contributed by atoms with Crippen LogP contribution in [0.2, 0.25) is 0 Å². The Morgan fingerprint density at radius 1 is 1.08 bits per heavy atom. The molecule has 1 unspecified atom stereocenters. The molecule has 3 aromatic rings. The van der Waals surface area contributed by atoms with Crippen LogP contribution in [0.4, 0.5) is 10.1 Å². The van der Waals surface area contributed by atoms with Crippen molar-refractivity contribution in [2.45, 2.75) is 12.6 Å². The van der Waals surface area contributed by atoms with Crippen molar-refractivity contribution in [2.24, 2.45) is 0 Å². The lowest BCUT2D eigenvalue weighted by Gasteiger charge is -2.21. The number of hydrogen-bond acceptors (Lipinski definition) is 5. The van der Waals surface area contributed by atoms with Gasteiger partial charge >= 0.3 is 0 Å². The topological polar surface area (TPSA) is 82.7 Å². The maximum Gasteiger partial charge on any atom is 0.227 e. The van der Waals surface area contributed by atoms with Crippen LogP contribution in [0, 0.1) is 5.82 Å². The minimum absolute atomic E-state index is 0.0194. The number of aliphatic hydroxyl groups is 1. The van der Waals surface area contributed by atoms with E-state index < -0.39 is 29.6 Å². The summed E-state index contributed by atoms with van der Waals surface area (Å²) in [4.78, 5) is 12.0. The molecule has 0 spiro atoms. The van der Waals surface area contributed by atoms with Crippen LogP contribution in [0.15, 0.2) is 69.9 Å². The van der Waals surface area contributed by atoms with Crippen LogP contribution in [-0.2, 0) is 6.61 Å². The largest absolute Gasteiger partial charge is 0.502 e. The average Bonchev–Trinajstić information content (AvgIpc) is 2.63. The molecule has 1 atom stereocenters. The fraction of sp³-hybridized carbons (Fsp3) is 0.105. The molecule has 0 radical (unpaired) electrons. The molecule has 0 aliphatic heterocycles. The Morgan fingerprint density at radius 2 is 1.76 bits per heavy atom. The predicted octanol–water partition coefficient (Wildman–Crippen LogP) is 3.18. The highest BCUT2D eigenvalue weighted by atomic mass is 19.1. The van der Waals surface area contributed by atoms with Crippen molar-refractivity contribution in [3.63, 3.8) is 0 Å². The van der Waals surface area contributed by atoms with Crippen molar-refractivity contribution in [2.75, 3.05) is 5.32 Å². The van der Waals surface area contributed by atoms with Gasteiger partial charge in [0.25, 0.3) is 0 Å². The molecular weight excluding hydrogens is 325 g/mol. The lowest BCUT2D eigenvalue weighted by atomic mass is 10.0. The van der Waals surface area contributed by atoms with E-state index >= 15 is 0 Å². The van der Waals surface area contributed by atoms with E-state index in [1.165, 1.54) is 12.1 Å². The summed E-state index contributed by atoms with van der Waals surface area (Å²) in [5.74, 6) is -1.33. The van der Waals surface area contributed by atoms with Crippen LogP contribution >= 0.6 is 0 Å². The van der Waals surface area contributed by atoms with Crippen LogP contribution in [0.1, 0.15) is 23.1 Å². The van der Waals surface area contributed by atoms with Crippen molar-refractivity contribution in [1.29, 1.82) is 0 Å². The molecule has 0 amide bonds. The van der Waals surface area contributed by atoms with Gasteiger partial charge in [0.1, 0.15) is 24.2 Å². The normalized spacial score (nSPS) is 11.9. The van der Waals surface area contributed by atoms with Gasteiger partial charge in [-0.05, 0) is 18.2 Å². The van der Waals surface area contributed by atoms with Gasteiger partial charge in [0, 0.05) is 17.3 Å². The Balaban J connectivity index is 2.16. The smallest absolute Gasteiger partial charge is 0.227 e. The van der Waals surface area contributed by atoms with Crippen molar-refractivity contribution in [3.8, 4) is 5.75 Å². The van der Waals surface area contributed by atoms with Crippen molar-refractivity contribution < 1.29 is 19.0 Å². The van der Waals surface area contributed by atoms with Gasteiger partial charge in [-0.1, -0.05) is 36.4 Å². The van der Waals surface area contributed by atoms with Gasteiger partial charge < -0.3 is 19.9 Å². The molecule has 6 heteroatoms. The second-order valence-corrected chi connectivity index (χ2v) is 5.41. The molecule has 0 aliphatic carbocycles. The zero-order chi connectivity index (χ0) is 17.8. The van der Waals surface area contributed by atoms with Gasteiger partial charge in [-0.25, -0.2) is 4.39 Å². The van der Waals surface area contributed by atoms with Crippen LogP contribution in [0.3, 0.4) is 0 Å². The van der Waals surface area contributed by atoms with E-state index in [0.717, 1.165) is 6.07 Å². The monoisotopic (exact) mass is 341 g/mol. The number of aliphatic hydroxyl groups excluding tert-OH is 1. The summed E-state index contributed by atoms with van der Waals surface area (Å²) in [6, 6.07) is 15.0. The first-order chi connectivity index (χ1) is 12.1. The molecule has 5 nitrogen and oxygen atoms in total. The van der Waals surface area contributed by atoms with E-state index in [2.05, 4.69) is 5.32 Å². The minimum atomic E-state index is -0.956. The predicted molar refractivity (Wildman–Crippen MR) is 90.9 cm³/mol. The molecular formula is C19H16FNO4. The average molecular weight is 341 g/mol. The molecule has 3 N–H and O–H groups in total. The highest BCUT2D eigenvalue weighted by Crippen LogP contribution is 2.32. The minimum Gasteiger partial charge on any atom is -0.502 e. The van der Waals surface area contributed by atoms with Gasteiger partial charge in [0.05, 0.1) is 0 Å². The maximum absolute atomic E-state index is 14.4. The number of anilines is 1. The number of hydrogen-bond donors (Lipinski definition) is 3. The fourth-order valence-electron chi connectivity index (χ4n) is 2.52. The van der Waals surface area contributed by atoms with E-state index in [-0.39, 0.29) is 17.1 Å². The molecule has 0 saturated carbocycles. The Hall–Kier alpha value is -3.12. The molecule has 2 aromatic carbocycles. The van der Waals surface area contributed by atoms with E-state index in [1.54, 1.807) is 36.4 Å². The molecule has 3 rings (SSSR count). The number of para-hydroxylation sites is 1. The van der Waals surface area contributed by atoms with Crippen molar-refractivity contribution in [3.05, 3.63) is 93.8 Å². The quantitative estimate of drug-likeness (QED) is 0.664. The Kier molecular flexibility index (Phi) is 4.81. The lowest BCUT2D eigenvalue weighted by molar-refractivity contribution is 0.234. The Bertz CT molecular complexity index is 924. The summed E-state index contributed by atoms with van der Waals surface area (Å²) in [5, 5.41) is 22.5. The van der Waals surface area contributed by atoms with E-state index in [1.807, 2.05) is 6.07 Å². The third-order valence-electron chi connectivity index (χ3n) is 3.72. The van der Waals surface area contributed by atoms with Crippen LogP contribution in [-0.4, -0.2) is 10.2 Å². The molecule has 1 heterocycles. The number of nitrogens with one attached hydrogen (secondary N) is 1. The molecule has 0 aliphatic rings. The third-order valence-corrected chi connectivity index (χ3v) is 3.72. The highest BCUT2D eigenvalue weighted by molar-refractivity contribution is 5.49. The SMILES string of the molecule is O=c1cc(CO)oc(C(Nc2ccccc2)c2ccccc2F)c1O. The van der Waals surface area contributed by atoms with E-state index in [9.17, 15) is 19.4 Å². The Morgan fingerprint density at radius 3 is 2.44 bits per heavy atom. The summed E-state index contributed by atoms with van der Waals surface area (Å²) >= 11 is 0. The first kappa shape index (κ1) is 16.7. The first-order valence-electron chi connectivity index (χ1n) is 7.63. The summed E-state index contributed by atoms with van der Waals surface area (Å²) in [6.45, 7) is -0.516. The second-order valence-electron chi connectivity index (χ2n) is 5.41. The fourth-order valence-corrected chi connectivity index (χ4v) is 2.52. The molecule has 0 bridgehead atoms. The van der Waals surface area contributed by atoms with E-state index in [0.29, 0.717) is 5.69 Å². The first-order valence-corrected chi connectivity index (χ1v) is 7.63. The zero-order valence-corrected chi connectivity index (χ0v) is 13.1. The van der Waals surface area contributed by atoms with Crippen LogP contribution in [0.25, 0.3) is 0 Å². The van der Waals surface area contributed by atoms with Crippen molar-refractivity contribution >= 4 is 5.69 Å². The Labute approximate surface area is 143 Å². The van der Waals surface area contributed by atoms with Gasteiger partial charge in [0.15, 0.2) is 5.76 Å². The van der Waals surface area contributed by atoms with Crippen LogP contribution in [0.5, 0.6) is 5.75 Å². The summed E-state index contributed by atoms with van der Waals surface area (Å²) in [7, 11) is 0. The van der Waals surface area contributed by atoms with Crippen LogP contribution < -0.4 is 10.7 Å². The molecule has 1 aromatic heterocycles.